The van der Waals surface area contributed by atoms with Gasteiger partial charge in [-0.2, -0.15) is 5.26 Å². The normalized spacial score (nSPS) is 10.4. The Bertz CT molecular complexity index is 1170. The predicted molar refractivity (Wildman–Crippen MR) is 112 cm³/mol. The van der Waals surface area contributed by atoms with Gasteiger partial charge in [0.15, 0.2) is 11.7 Å². The monoisotopic (exact) mass is 394 g/mol. The molecule has 0 unspecified atom stereocenters. The zero-order valence-electron chi connectivity index (χ0n) is 16.1. The van der Waals surface area contributed by atoms with Gasteiger partial charge in [0.05, 0.1) is 24.3 Å². The Labute approximate surface area is 174 Å². The third-order valence-electron chi connectivity index (χ3n) is 4.59. The molecule has 4 rings (SSSR count). The first-order valence-corrected chi connectivity index (χ1v) is 9.53. The van der Waals surface area contributed by atoms with E-state index < -0.39 is 0 Å². The first kappa shape index (κ1) is 19.2. The van der Waals surface area contributed by atoms with E-state index in [1.807, 2.05) is 54.6 Å². The second kappa shape index (κ2) is 8.89. The zero-order valence-corrected chi connectivity index (χ0v) is 16.1. The number of ether oxygens (including phenoxy) is 1. The second-order valence-corrected chi connectivity index (χ2v) is 6.67. The van der Waals surface area contributed by atoms with Crippen LogP contribution in [-0.2, 0) is 11.2 Å². The van der Waals surface area contributed by atoms with Crippen LogP contribution in [0.2, 0.25) is 0 Å². The highest BCUT2D eigenvalue weighted by Gasteiger charge is 2.11. The van der Waals surface area contributed by atoms with E-state index in [2.05, 4.69) is 11.1 Å². The van der Waals surface area contributed by atoms with Crippen molar-refractivity contribution in [3.05, 3.63) is 96.5 Å². The van der Waals surface area contributed by atoms with E-state index >= 15 is 0 Å². The summed E-state index contributed by atoms with van der Waals surface area (Å²) in [5, 5.41) is 8.88. The number of carbonyl (C=O) groups excluding carboxylic acids is 1. The summed E-state index contributed by atoms with van der Waals surface area (Å²) in [6, 6.07) is 26.4. The van der Waals surface area contributed by atoms with Crippen molar-refractivity contribution >= 4 is 5.97 Å². The summed E-state index contributed by atoms with van der Waals surface area (Å²) in [7, 11) is 0. The van der Waals surface area contributed by atoms with Gasteiger partial charge < -0.3 is 9.15 Å². The summed E-state index contributed by atoms with van der Waals surface area (Å²) in [5.41, 5.74) is 3.53. The van der Waals surface area contributed by atoms with Gasteiger partial charge in [0.2, 0.25) is 0 Å². The Morgan fingerprint density at radius 3 is 2.23 bits per heavy atom. The average Bonchev–Trinajstić information content (AvgIpc) is 3.28. The van der Waals surface area contributed by atoms with Crippen molar-refractivity contribution in [2.45, 2.75) is 12.8 Å². The lowest BCUT2D eigenvalue weighted by atomic mass is 10.0. The average molecular weight is 394 g/mol. The van der Waals surface area contributed by atoms with Gasteiger partial charge in [-0.05, 0) is 35.4 Å². The molecule has 0 saturated carbocycles. The van der Waals surface area contributed by atoms with E-state index in [-0.39, 0.29) is 12.4 Å². The summed E-state index contributed by atoms with van der Waals surface area (Å²) >= 11 is 0. The van der Waals surface area contributed by atoms with Crippen LogP contribution < -0.4 is 4.74 Å². The molecule has 0 N–H and O–H groups in total. The minimum atomic E-state index is -0.347. The maximum atomic E-state index is 12.2. The predicted octanol–water partition coefficient (Wildman–Crippen LogP) is 5.42. The molecule has 4 aromatic rings. The molecule has 0 saturated heterocycles. The molecule has 0 amide bonds. The number of esters is 1. The molecule has 1 aromatic heterocycles. The number of hydrogen-bond donors (Lipinski definition) is 0. The largest absolute Gasteiger partial charge is 0.441 e. The number of oxazole rings is 1. The highest BCUT2D eigenvalue weighted by molar-refractivity contribution is 5.73. The second-order valence-electron chi connectivity index (χ2n) is 6.67. The van der Waals surface area contributed by atoms with Gasteiger partial charge in [0.25, 0.3) is 0 Å². The summed E-state index contributed by atoms with van der Waals surface area (Å²) < 4.78 is 11.1. The Morgan fingerprint density at radius 1 is 0.900 bits per heavy atom. The molecule has 0 aliphatic carbocycles. The van der Waals surface area contributed by atoms with Gasteiger partial charge in [0.1, 0.15) is 5.75 Å². The molecule has 0 spiro atoms. The van der Waals surface area contributed by atoms with Crippen LogP contribution in [0.5, 0.6) is 5.75 Å². The van der Waals surface area contributed by atoms with Gasteiger partial charge in [-0.25, -0.2) is 4.98 Å². The summed E-state index contributed by atoms with van der Waals surface area (Å²) in [6.07, 6.45) is 2.21. The van der Waals surface area contributed by atoms with Gasteiger partial charge in [-0.15, -0.1) is 0 Å². The Kier molecular flexibility index (Phi) is 5.68. The first-order chi connectivity index (χ1) is 14.7. The summed E-state index contributed by atoms with van der Waals surface area (Å²) in [6.45, 7) is 0. The van der Waals surface area contributed by atoms with Crippen LogP contribution in [0.1, 0.15) is 17.9 Å². The van der Waals surface area contributed by atoms with E-state index in [9.17, 15) is 4.79 Å². The van der Waals surface area contributed by atoms with Crippen molar-refractivity contribution in [2.24, 2.45) is 0 Å². The van der Waals surface area contributed by atoms with Gasteiger partial charge >= 0.3 is 5.97 Å². The molecule has 0 atom stereocenters. The molecule has 3 aromatic carbocycles. The SMILES string of the molecule is N#Cc1ccc(-c2ccc(OC(=O)CCc3ncc(-c4ccccc4)o3)cc2)cc1. The molecule has 30 heavy (non-hydrogen) atoms. The van der Waals surface area contributed by atoms with E-state index in [0.29, 0.717) is 29.4 Å². The number of nitriles is 1. The lowest BCUT2D eigenvalue weighted by Gasteiger charge is -2.06. The quantitative estimate of drug-likeness (QED) is 0.322. The van der Waals surface area contributed by atoms with Crippen molar-refractivity contribution in [3.63, 3.8) is 0 Å². The van der Waals surface area contributed by atoms with E-state index in [0.717, 1.165) is 16.7 Å². The molecule has 5 nitrogen and oxygen atoms in total. The molecule has 0 radical (unpaired) electrons. The fraction of sp³-hybridized carbons (Fsp3) is 0.0800. The van der Waals surface area contributed by atoms with Gasteiger partial charge in [-0.1, -0.05) is 54.6 Å². The van der Waals surface area contributed by atoms with Crippen LogP contribution in [0.3, 0.4) is 0 Å². The number of carbonyl (C=O) groups is 1. The van der Waals surface area contributed by atoms with E-state index in [1.165, 1.54) is 0 Å². The van der Waals surface area contributed by atoms with E-state index in [4.69, 9.17) is 14.4 Å². The van der Waals surface area contributed by atoms with Crippen molar-refractivity contribution in [1.82, 2.24) is 4.98 Å². The molecular formula is C25H18N2O3. The maximum absolute atomic E-state index is 12.2. The van der Waals surface area contributed by atoms with Crippen molar-refractivity contribution < 1.29 is 13.9 Å². The third-order valence-corrected chi connectivity index (χ3v) is 4.59. The van der Waals surface area contributed by atoms with Crippen LogP contribution in [0.25, 0.3) is 22.5 Å². The molecule has 0 bridgehead atoms. The number of nitrogens with zero attached hydrogens (tertiary/aromatic N) is 2. The summed E-state index contributed by atoms with van der Waals surface area (Å²) in [4.78, 5) is 16.4. The lowest BCUT2D eigenvalue weighted by Crippen LogP contribution is -2.09. The van der Waals surface area contributed by atoms with Gasteiger partial charge in [0, 0.05) is 12.0 Å². The molecule has 1 heterocycles. The Balaban J connectivity index is 1.32. The zero-order chi connectivity index (χ0) is 20.8. The van der Waals surface area contributed by atoms with E-state index in [1.54, 1.807) is 30.5 Å². The third kappa shape index (κ3) is 4.62. The number of benzene rings is 3. The lowest BCUT2D eigenvalue weighted by molar-refractivity contribution is -0.134. The van der Waals surface area contributed by atoms with Crippen LogP contribution in [-0.4, -0.2) is 11.0 Å². The van der Waals surface area contributed by atoms with Crippen molar-refractivity contribution in [3.8, 4) is 34.3 Å². The highest BCUT2D eigenvalue weighted by atomic mass is 16.5. The number of aromatic nitrogens is 1. The minimum Gasteiger partial charge on any atom is -0.441 e. The number of hydrogen-bond acceptors (Lipinski definition) is 5. The van der Waals surface area contributed by atoms with Gasteiger partial charge in [-0.3, -0.25) is 4.79 Å². The number of rotatable bonds is 6. The van der Waals surface area contributed by atoms with Crippen LogP contribution in [0, 0.1) is 11.3 Å². The number of aryl methyl sites for hydroxylation is 1. The first-order valence-electron chi connectivity index (χ1n) is 9.53. The molecule has 0 aliphatic rings. The fourth-order valence-corrected chi connectivity index (χ4v) is 3.01. The van der Waals surface area contributed by atoms with Crippen LogP contribution in [0.15, 0.2) is 89.5 Å². The smallest absolute Gasteiger partial charge is 0.311 e. The molecule has 5 heteroatoms. The Hall–Kier alpha value is -4.17. The highest BCUT2D eigenvalue weighted by Crippen LogP contribution is 2.23. The van der Waals surface area contributed by atoms with Crippen molar-refractivity contribution in [2.75, 3.05) is 0 Å². The van der Waals surface area contributed by atoms with Crippen molar-refractivity contribution in [1.29, 1.82) is 5.26 Å². The molecule has 146 valence electrons. The Morgan fingerprint density at radius 2 is 1.57 bits per heavy atom. The summed E-state index contributed by atoms with van der Waals surface area (Å²) in [5.74, 6) is 1.31. The molecule has 0 fully saturated rings. The molecule has 0 aliphatic heterocycles. The maximum Gasteiger partial charge on any atom is 0.311 e. The van der Waals surface area contributed by atoms with Crippen LogP contribution >= 0.6 is 0 Å². The topological polar surface area (TPSA) is 76.1 Å². The minimum absolute atomic E-state index is 0.173. The fourth-order valence-electron chi connectivity index (χ4n) is 3.01. The standard InChI is InChI=1S/C25H18N2O3/c26-16-18-6-8-19(9-7-18)20-10-12-22(13-11-20)29-25(28)15-14-24-27-17-23(30-24)21-4-2-1-3-5-21/h1-13,17H,14-15H2. The molecular weight excluding hydrogens is 376 g/mol. The van der Waals surface area contributed by atoms with Crippen LogP contribution in [0.4, 0.5) is 0 Å².